The second-order valence-electron chi connectivity index (χ2n) is 4.75. The highest BCUT2D eigenvalue weighted by molar-refractivity contribution is 5.90. The number of esters is 1. The Bertz CT molecular complexity index is 267. The maximum atomic E-state index is 11.4. The predicted octanol–water partition coefficient (Wildman–Crippen LogP) is 1.77. The standard InChI is InChI=1S/C12H19NO2/c1-9-8-12(15-11(9)14)6-3-2-4-10(12)5-7-13/h10H,1-8,13H2. The van der Waals surface area contributed by atoms with Gasteiger partial charge in [-0.1, -0.05) is 13.0 Å². The number of ether oxygens (including phenoxy) is 1. The van der Waals surface area contributed by atoms with Gasteiger partial charge in [-0.25, -0.2) is 4.79 Å². The molecule has 1 aliphatic heterocycles. The van der Waals surface area contributed by atoms with Crippen LogP contribution in [0.4, 0.5) is 0 Å². The highest BCUT2D eigenvalue weighted by Gasteiger charge is 2.49. The van der Waals surface area contributed by atoms with Gasteiger partial charge in [-0.15, -0.1) is 0 Å². The van der Waals surface area contributed by atoms with E-state index in [1.165, 1.54) is 6.42 Å². The minimum atomic E-state index is -0.244. The largest absolute Gasteiger partial charge is 0.455 e. The third kappa shape index (κ3) is 1.81. The second kappa shape index (κ2) is 3.97. The van der Waals surface area contributed by atoms with Crippen LogP contribution in [0, 0.1) is 5.92 Å². The van der Waals surface area contributed by atoms with Gasteiger partial charge < -0.3 is 10.5 Å². The molecule has 0 aromatic carbocycles. The van der Waals surface area contributed by atoms with Crippen LogP contribution in [0.2, 0.25) is 0 Å². The summed E-state index contributed by atoms with van der Waals surface area (Å²) < 4.78 is 5.57. The van der Waals surface area contributed by atoms with Crippen LogP contribution in [0.25, 0.3) is 0 Å². The Kier molecular flexibility index (Phi) is 2.83. The monoisotopic (exact) mass is 209 g/mol. The summed E-state index contributed by atoms with van der Waals surface area (Å²) in [5.41, 5.74) is 6.01. The molecule has 0 aromatic rings. The Morgan fingerprint density at radius 2 is 2.33 bits per heavy atom. The van der Waals surface area contributed by atoms with Crippen LogP contribution in [-0.4, -0.2) is 18.1 Å². The molecule has 0 amide bonds. The molecule has 0 aromatic heterocycles. The van der Waals surface area contributed by atoms with Gasteiger partial charge >= 0.3 is 5.97 Å². The van der Waals surface area contributed by atoms with E-state index in [1.807, 2.05) is 0 Å². The van der Waals surface area contributed by atoms with Crippen molar-refractivity contribution in [2.24, 2.45) is 11.7 Å². The fourth-order valence-corrected chi connectivity index (χ4v) is 2.98. The SMILES string of the molecule is C=C1CC2(CCCCC2CCN)OC1=O. The Morgan fingerprint density at radius 1 is 1.53 bits per heavy atom. The van der Waals surface area contributed by atoms with Crippen LogP contribution in [0.1, 0.15) is 38.5 Å². The number of hydrogen-bond acceptors (Lipinski definition) is 3. The Balaban J connectivity index is 2.16. The summed E-state index contributed by atoms with van der Waals surface area (Å²) in [4.78, 5) is 11.4. The van der Waals surface area contributed by atoms with Crippen molar-refractivity contribution < 1.29 is 9.53 Å². The number of hydrogen-bond donors (Lipinski definition) is 1. The lowest BCUT2D eigenvalue weighted by atomic mass is 9.72. The minimum absolute atomic E-state index is 0.195. The second-order valence-corrected chi connectivity index (χ2v) is 4.75. The molecule has 2 N–H and O–H groups in total. The van der Waals surface area contributed by atoms with Crippen LogP contribution in [0.15, 0.2) is 12.2 Å². The highest BCUT2D eigenvalue weighted by atomic mass is 16.6. The van der Waals surface area contributed by atoms with Gasteiger partial charge in [0.2, 0.25) is 0 Å². The van der Waals surface area contributed by atoms with Crippen molar-refractivity contribution in [2.45, 2.75) is 44.1 Å². The molecule has 2 rings (SSSR count). The van der Waals surface area contributed by atoms with E-state index in [1.54, 1.807) is 0 Å². The molecule has 15 heavy (non-hydrogen) atoms. The van der Waals surface area contributed by atoms with E-state index in [4.69, 9.17) is 10.5 Å². The van der Waals surface area contributed by atoms with Crippen molar-refractivity contribution in [3.8, 4) is 0 Å². The molecule has 3 heteroatoms. The van der Waals surface area contributed by atoms with E-state index >= 15 is 0 Å². The number of carbonyl (C=O) groups is 1. The van der Waals surface area contributed by atoms with E-state index in [9.17, 15) is 4.79 Å². The molecule has 1 heterocycles. The number of nitrogens with two attached hydrogens (primary N) is 1. The Labute approximate surface area is 90.7 Å². The summed E-state index contributed by atoms with van der Waals surface area (Å²) in [6.45, 7) is 4.45. The molecule has 2 aliphatic rings. The predicted molar refractivity (Wildman–Crippen MR) is 58.2 cm³/mol. The first kappa shape index (κ1) is 10.7. The molecule has 0 bridgehead atoms. The summed E-state index contributed by atoms with van der Waals surface area (Å²) in [6.07, 6.45) is 6.19. The summed E-state index contributed by atoms with van der Waals surface area (Å²) in [7, 11) is 0. The fraction of sp³-hybridized carbons (Fsp3) is 0.750. The van der Waals surface area contributed by atoms with Crippen LogP contribution in [0.5, 0.6) is 0 Å². The van der Waals surface area contributed by atoms with Gasteiger partial charge in [0.15, 0.2) is 0 Å². The van der Waals surface area contributed by atoms with E-state index in [0.29, 0.717) is 18.0 Å². The van der Waals surface area contributed by atoms with Crippen LogP contribution in [-0.2, 0) is 9.53 Å². The normalized spacial score (nSPS) is 35.9. The van der Waals surface area contributed by atoms with E-state index in [2.05, 4.69) is 6.58 Å². The quantitative estimate of drug-likeness (QED) is 0.557. The Hall–Kier alpha value is -0.830. The van der Waals surface area contributed by atoms with E-state index in [0.717, 1.165) is 32.1 Å². The molecule has 2 fully saturated rings. The van der Waals surface area contributed by atoms with Crippen LogP contribution in [0.3, 0.4) is 0 Å². The number of rotatable bonds is 2. The van der Waals surface area contributed by atoms with E-state index in [-0.39, 0.29) is 11.6 Å². The molecule has 1 spiro atoms. The van der Waals surface area contributed by atoms with Gasteiger partial charge in [-0.05, 0) is 32.2 Å². The molecular formula is C12H19NO2. The average Bonchev–Trinajstić information content (AvgIpc) is 2.48. The minimum Gasteiger partial charge on any atom is -0.455 e. The highest BCUT2D eigenvalue weighted by Crippen LogP contribution is 2.46. The van der Waals surface area contributed by atoms with Gasteiger partial charge in [0.25, 0.3) is 0 Å². The van der Waals surface area contributed by atoms with E-state index < -0.39 is 0 Å². The first-order valence-electron chi connectivity index (χ1n) is 5.79. The van der Waals surface area contributed by atoms with Crippen LogP contribution >= 0.6 is 0 Å². The molecule has 2 unspecified atom stereocenters. The van der Waals surface area contributed by atoms with Gasteiger partial charge in [-0.3, -0.25) is 0 Å². The summed E-state index contributed by atoms with van der Waals surface area (Å²) >= 11 is 0. The Morgan fingerprint density at radius 3 is 2.93 bits per heavy atom. The molecule has 3 nitrogen and oxygen atoms in total. The van der Waals surface area contributed by atoms with Crippen molar-refractivity contribution in [3.63, 3.8) is 0 Å². The third-order valence-electron chi connectivity index (χ3n) is 3.76. The molecular weight excluding hydrogens is 190 g/mol. The zero-order valence-electron chi connectivity index (χ0n) is 9.13. The van der Waals surface area contributed by atoms with Gasteiger partial charge in [0, 0.05) is 17.9 Å². The lowest BCUT2D eigenvalue weighted by Crippen LogP contribution is -2.41. The first-order chi connectivity index (χ1) is 7.18. The fourth-order valence-electron chi connectivity index (χ4n) is 2.98. The maximum Gasteiger partial charge on any atom is 0.334 e. The molecule has 0 radical (unpaired) electrons. The molecule has 2 atom stereocenters. The van der Waals surface area contributed by atoms with Crippen molar-refractivity contribution in [2.75, 3.05) is 6.54 Å². The maximum absolute atomic E-state index is 11.4. The molecule has 84 valence electrons. The topological polar surface area (TPSA) is 52.3 Å². The van der Waals surface area contributed by atoms with Crippen molar-refractivity contribution in [3.05, 3.63) is 12.2 Å². The van der Waals surface area contributed by atoms with Crippen molar-refractivity contribution in [1.82, 2.24) is 0 Å². The summed E-state index contributed by atoms with van der Waals surface area (Å²) in [6, 6.07) is 0. The third-order valence-corrected chi connectivity index (χ3v) is 3.76. The zero-order valence-corrected chi connectivity index (χ0v) is 9.13. The summed E-state index contributed by atoms with van der Waals surface area (Å²) in [5, 5.41) is 0. The first-order valence-corrected chi connectivity index (χ1v) is 5.79. The molecule has 1 saturated heterocycles. The average molecular weight is 209 g/mol. The number of carbonyl (C=O) groups excluding carboxylic acids is 1. The smallest absolute Gasteiger partial charge is 0.334 e. The lowest BCUT2D eigenvalue weighted by molar-refractivity contribution is -0.155. The molecule has 1 saturated carbocycles. The van der Waals surface area contributed by atoms with Crippen molar-refractivity contribution in [1.29, 1.82) is 0 Å². The lowest BCUT2D eigenvalue weighted by Gasteiger charge is -2.39. The zero-order chi connectivity index (χ0) is 10.9. The van der Waals surface area contributed by atoms with Crippen LogP contribution < -0.4 is 5.73 Å². The van der Waals surface area contributed by atoms with Crippen molar-refractivity contribution >= 4 is 5.97 Å². The molecule has 1 aliphatic carbocycles. The van der Waals surface area contributed by atoms with Gasteiger partial charge in [0.05, 0.1) is 0 Å². The van der Waals surface area contributed by atoms with Gasteiger partial charge in [0.1, 0.15) is 5.60 Å². The van der Waals surface area contributed by atoms with Gasteiger partial charge in [-0.2, -0.15) is 0 Å². The summed E-state index contributed by atoms with van der Waals surface area (Å²) in [5.74, 6) is 0.248.